The van der Waals surface area contributed by atoms with Crippen LogP contribution in [0.3, 0.4) is 0 Å². The average molecular weight is 394 g/mol. The molecular weight excluding hydrogens is 371 g/mol. The fraction of sp³-hybridized carbons (Fsp3) is 0.500. The van der Waals surface area contributed by atoms with E-state index in [2.05, 4.69) is 48.3 Å². The Hall–Kier alpha value is -0.170. The third-order valence-corrected chi connectivity index (χ3v) is 10.7. The topological polar surface area (TPSA) is 0 Å². The number of hydrogen-bond donors (Lipinski definition) is 0. The molecule has 0 heterocycles. The monoisotopic (exact) mass is 395 g/mol. The Morgan fingerprint density at radius 2 is 1.65 bits per heavy atom. The van der Waals surface area contributed by atoms with E-state index in [9.17, 15) is 0 Å². The van der Waals surface area contributed by atoms with Crippen LogP contribution in [0, 0.1) is 0 Å². The van der Waals surface area contributed by atoms with Gasteiger partial charge in [0.1, 0.15) is 0 Å². The van der Waals surface area contributed by atoms with E-state index < -0.39 is 21.4 Å². The third kappa shape index (κ3) is 2.23. The SMILES string of the molecule is CCc1ccc(CC)c2c1C=C(C)[CH]2[Hf]([CH3])[CH3]. The van der Waals surface area contributed by atoms with E-state index in [1.807, 2.05) is 0 Å². The number of benzene rings is 1. The number of allylic oxidation sites excluding steroid dienone is 1. The van der Waals surface area contributed by atoms with Gasteiger partial charge in [-0.05, 0) is 0 Å². The van der Waals surface area contributed by atoms with Crippen molar-refractivity contribution in [3.05, 3.63) is 40.0 Å². The first-order valence-electron chi connectivity index (χ1n) is 6.73. The van der Waals surface area contributed by atoms with Crippen molar-refractivity contribution in [2.24, 2.45) is 0 Å². The van der Waals surface area contributed by atoms with Crippen LogP contribution < -0.4 is 0 Å². The Morgan fingerprint density at radius 1 is 1.06 bits per heavy atom. The molecule has 1 atom stereocenters. The molecule has 0 aliphatic heterocycles. The summed E-state index contributed by atoms with van der Waals surface area (Å²) in [4.78, 5) is 0. The summed E-state index contributed by atoms with van der Waals surface area (Å²) < 4.78 is 5.97. The molecule has 1 unspecified atom stereocenters. The van der Waals surface area contributed by atoms with E-state index in [1.165, 1.54) is 6.42 Å². The Morgan fingerprint density at radius 3 is 2.18 bits per heavy atom. The molecule has 1 aliphatic carbocycles. The van der Waals surface area contributed by atoms with Crippen molar-refractivity contribution in [1.29, 1.82) is 0 Å². The second-order valence-corrected chi connectivity index (χ2v) is 15.1. The zero-order valence-corrected chi connectivity index (χ0v) is 15.3. The molecule has 0 radical (unpaired) electrons. The van der Waals surface area contributed by atoms with E-state index >= 15 is 0 Å². The molecule has 2 rings (SSSR count). The van der Waals surface area contributed by atoms with E-state index in [0.717, 1.165) is 10.1 Å². The minimum atomic E-state index is -1.38. The average Bonchev–Trinajstić information content (AvgIpc) is 2.64. The van der Waals surface area contributed by atoms with Crippen molar-refractivity contribution in [1.82, 2.24) is 0 Å². The Labute approximate surface area is 114 Å². The summed E-state index contributed by atoms with van der Waals surface area (Å²) in [6.07, 6.45) is 4.83. The van der Waals surface area contributed by atoms with Crippen LogP contribution in [0.2, 0.25) is 9.36 Å². The summed E-state index contributed by atoms with van der Waals surface area (Å²) >= 11 is -1.38. The molecular formula is C16H23Hf. The molecule has 0 bridgehead atoms. The second kappa shape index (κ2) is 5.22. The molecule has 0 aromatic heterocycles. The van der Waals surface area contributed by atoms with Crippen molar-refractivity contribution in [2.75, 3.05) is 0 Å². The van der Waals surface area contributed by atoms with E-state index in [-0.39, 0.29) is 0 Å². The maximum absolute atomic E-state index is 2.56. The van der Waals surface area contributed by atoms with Crippen LogP contribution in [0.15, 0.2) is 17.7 Å². The molecule has 1 aliphatic rings. The molecule has 1 aromatic carbocycles. The Kier molecular flexibility index (Phi) is 4.07. The van der Waals surface area contributed by atoms with Crippen molar-refractivity contribution < 1.29 is 21.4 Å². The summed E-state index contributed by atoms with van der Waals surface area (Å²) in [6, 6.07) is 4.73. The first-order chi connectivity index (χ1) is 8.10. The van der Waals surface area contributed by atoms with Crippen LogP contribution in [0.5, 0.6) is 0 Å². The van der Waals surface area contributed by atoms with Crippen LogP contribution in [0.4, 0.5) is 0 Å². The first-order valence-corrected chi connectivity index (χ1v) is 16.0. The predicted octanol–water partition coefficient (Wildman–Crippen LogP) is 4.98. The number of rotatable bonds is 3. The summed E-state index contributed by atoms with van der Waals surface area (Å²) in [5, 5.41) is 0. The second-order valence-electron chi connectivity index (χ2n) is 5.32. The molecule has 0 nitrogen and oxygen atoms in total. The van der Waals surface area contributed by atoms with Crippen molar-refractivity contribution in [2.45, 2.75) is 46.6 Å². The van der Waals surface area contributed by atoms with E-state index in [4.69, 9.17) is 0 Å². The number of hydrogen-bond acceptors (Lipinski definition) is 0. The fourth-order valence-electron chi connectivity index (χ4n) is 3.14. The van der Waals surface area contributed by atoms with Crippen molar-refractivity contribution in [3.63, 3.8) is 0 Å². The zero-order valence-electron chi connectivity index (χ0n) is 11.7. The van der Waals surface area contributed by atoms with Crippen LogP contribution in [0.1, 0.15) is 46.7 Å². The standard InChI is InChI=1S/C14H17.2CH3.Hf/c1-4-11-6-7-12(5-2)14-9-10(3)8-13(11)14;;;/h6-9H,4-5H2,1-3H3;2*1H3;. The van der Waals surface area contributed by atoms with Gasteiger partial charge in [0.05, 0.1) is 0 Å². The fourth-order valence-corrected chi connectivity index (χ4v) is 10.0. The van der Waals surface area contributed by atoms with E-state index in [1.54, 1.807) is 27.8 Å². The molecule has 91 valence electrons. The van der Waals surface area contributed by atoms with E-state index in [0.29, 0.717) is 0 Å². The molecule has 0 saturated carbocycles. The van der Waals surface area contributed by atoms with Gasteiger partial charge < -0.3 is 0 Å². The van der Waals surface area contributed by atoms with Crippen molar-refractivity contribution >= 4 is 6.08 Å². The zero-order chi connectivity index (χ0) is 12.6. The van der Waals surface area contributed by atoms with Gasteiger partial charge in [0.15, 0.2) is 0 Å². The molecule has 0 N–H and O–H groups in total. The quantitative estimate of drug-likeness (QED) is 0.635. The molecule has 0 spiro atoms. The predicted molar refractivity (Wildman–Crippen MR) is 73.3 cm³/mol. The van der Waals surface area contributed by atoms with Gasteiger partial charge in [0.25, 0.3) is 0 Å². The Balaban J connectivity index is 2.63. The minimum absolute atomic E-state index is 0.858. The molecule has 0 saturated heterocycles. The first kappa shape index (κ1) is 13.3. The Bertz CT molecular complexity index is 455. The normalized spacial score (nSPS) is 17.9. The van der Waals surface area contributed by atoms with Crippen molar-refractivity contribution in [3.8, 4) is 0 Å². The van der Waals surface area contributed by atoms with Gasteiger partial charge in [-0.1, -0.05) is 0 Å². The molecule has 1 aromatic rings. The maximum atomic E-state index is 2.56. The summed E-state index contributed by atoms with van der Waals surface area (Å²) in [5.74, 6) is 0. The van der Waals surface area contributed by atoms with Crippen LogP contribution >= 0.6 is 0 Å². The van der Waals surface area contributed by atoms with Crippen LogP contribution in [-0.4, -0.2) is 0 Å². The molecule has 17 heavy (non-hydrogen) atoms. The summed E-state index contributed by atoms with van der Waals surface area (Å²) in [7, 11) is 0. The molecule has 0 fully saturated rings. The van der Waals surface area contributed by atoms with Gasteiger partial charge in [0, 0.05) is 0 Å². The van der Waals surface area contributed by atoms with Gasteiger partial charge in [-0.3, -0.25) is 0 Å². The molecule has 0 amide bonds. The molecule has 1 heteroatoms. The number of aryl methyl sites for hydroxylation is 2. The summed E-state index contributed by atoms with van der Waals surface area (Å²) in [6.45, 7) is 6.92. The number of fused-ring (bicyclic) bond motifs is 1. The van der Waals surface area contributed by atoms with Crippen LogP contribution in [0.25, 0.3) is 6.08 Å². The third-order valence-electron chi connectivity index (χ3n) is 3.92. The summed E-state index contributed by atoms with van der Waals surface area (Å²) in [5.41, 5.74) is 8.09. The van der Waals surface area contributed by atoms with Gasteiger partial charge in [-0.2, -0.15) is 0 Å². The van der Waals surface area contributed by atoms with Gasteiger partial charge in [-0.15, -0.1) is 0 Å². The van der Waals surface area contributed by atoms with Gasteiger partial charge in [0.2, 0.25) is 0 Å². The van der Waals surface area contributed by atoms with Crippen LogP contribution in [-0.2, 0) is 34.3 Å². The van der Waals surface area contributed by atoms with Gasteiger partial charge in [-0.25, -0.2) is 0 Å². The van der Waals surface area contributed by atoms with Gasteiger partial charge >= 0.3 is 114 Å².